The molecule has 1 N–H and O–H groups in total. The highest BCUT2D eigenvalue weighted by molar-refractivity contribution is 9.11. The zero-order chi connectivity index (χ0) is 51.1. The van der Waals surface area contributed by atoms with Gasteiger partial charge in [0.15, 0.2) is 15.6 Å². The standard InChI is InChI=1S/C26H22BrCl2FN2O3S.C19H19Cl2NO3.C7H2Br2FNS/c27-16-6-7-19-24(21(16)30)36-25(31-19)26(33)10-8-14(9-11-26)34-12-15-22(32-35-23(15)13-4-5-13)20-17(28)2-1-3-18(20)29;20-15-2-1-3-16(21)17(15)18-14(19(25-22-18)11-4-5-11)10-24-13-8-6-12(23)7-9-13;8-3-1-2-4-6(5(3)10)12-7(9)11-4/h1-3,6-7,13-14,33H,4-5,8-12H2;1-3,11,13H,4-10H2;1-2H. The molecule has 4 aromatic carbocycles. The summed E-state index contributed by atoms with van der Waals surface area (Å²) in [6.07, 6.45) is 9.47. The van der Waals surface area contributed by atoms with E-state index in [1.807, 2.05) is 6.07 Å². The number of hydrogen-bond donors (Lipinski definition) is 1. The van der Waals surface area contributed by atoms with Gasteiger partial charge in [-0.2, -0.15) is 0 Å². The molecule has 0 unspecified atom stereocenters. The van der Waals surface area contributed by atoms with E-state index >= 15 is 0 Å². The van der Waals surface area contributed by atoms with Crippen LogP contribution in [0.15, 0.2) is 82.6 Å². The number of halogens is 9. The molecule has 0 radical (unpaired) electrons. The molecule has 0 saturated heterocycles. The maximum Gasteiger partial charge on any atom is 0.160 e. The molecule has 0 spiro atoms. The Morgan fingerprint density at radius 3 is 1.53 bits per heavy atom. The number of hydrogen-bond acceptors (Lipinski definition) is 12. The number of benzene rings is 4. The minimum absolute atomic E-state index is 0.0398. The molecule has 382 valence electrons. The predicted octanol–water partition coefficient (Wildman–Crippen LogP) is 17.9. The third-order valence-electron chi connectivity index (χ3n) is 13.4. The minimum Gasteiger partial charge on any atom is -0.383 e. The van der Waals surface area contributed by atoms with Crippen molar-refractivity contribution in [3.05, 3.63) is 133 Å². The molecule has 0 atom stereocenters. The zero-order valence-electron chi connectivity index (χ0n) is 38.5. The number of carbonyl (C=O) groups excluding carboxylic acids is 1. The average Bonchev–Trinajstić information content (AvgIpc) is 4.22. The summed E-state index contributed by atoms with van der Waals surface area (Å²) in [7, 11) is 0. The summed E-state index contributed by atoms with van der Waals surface area (Å²) in [4.78, 5) is 20.0. The van der Waals surface area contributed by atoms with Crippen LogP contribution < -0.4 is 0 Å². The van der Waals surface area contributed by atoms with Crippen molar-refractivity contribution < 1.29 is 37.2 Å². The lowest BCUT2D eigenvalue weighted by molar-refractivity contribution is -0.123. The first-order chi connectivity index (χ1) is 35.1. The van der Waals surface area contributed by atoms with Crippen LogP contribution in [-0.2, 0) is 33.1 Å². The van der Waals surface area contributed by atoms with Crippen LogP contribution >= 0.6 is 117 Å². The normalized spacial score (nSPS) is 19.3. The van der Waals surface area contributed by atoms with E-state index in [0.717, 1.165) is 61.2 Å². The molecule has 4 saturated carbocycles. The van der Waals surface area contributed by atoms with Crippen molar-refractivity contribution in [3.8, 4) is 22.5 Å². The quantitative estimate of drug-likeness (QED) is 0.133. The molecule has 4 aliphatic carbocycles. The van der Waals surface area contributed by atoms with E-state index in [1.54, 1.807) is 54.6 Å². The second-order valence-corrected chi connectivity index (χ2v) is 25.1. The Hall–Kier alpha value is -2.91. The van der Waals surface area contributed by atoms with Crippen molar-refractivity contribution in [2.75, 3.05) is 0 Å². The minimum atomic E-state index is -1.09. The van der Waals surface area contributed by atoms with Crippen LogP contribution in [0.2, 0.25) is 20.1 Å². The van der Waals surface area contributed by atoms with E-state index in [0.29, 0.717) is 150 Å². The van der Waals surface area contributed by atoms with Gasteiger partial charge in [-0.05, 0) is 161 Å². The molecular weight excluding hydrogens is 1260 g/mol. The van der Waals surface area contributed by atoms with Crippen LogP contribution in [0.5, 0.6) is 0 Å². The SMILES string of the molecule is Fc1c(Br)ccc2nc(Br)sc12.O=C1CCC(OCc2c(-c3c(Cl)cccc3Cl)noc2C2CC2)CC1.OC1(c2nc3ccc(Br)c(F)c3s2)CCC(OCc2c(-c3c(Cl)cccc3Cl)noc2C2CC2)CC1. The van der Waals surface area contributed by atoms with E-state index in [9.17, 15) is 18.7 Å². The topological polar surface area (TPSA) is 134 Å². The summed E-state index contributed by atoms with van der Waals surface area (Å²) in [6, 6.07) is 17.6. The smallest absolute Gasteiger partial charge is 0.160 e. The van der Waals surface area contributed by atoms with Gasteiger partial charge in [0.2, 0.25) is 0 Å². The van der Waals surface area contributed by atoms with Gasteiger partial charge < -0.3 is 23.6 Å². The third-order valence-corrected chi connectivity index (χ3v) is 18.6. The molecule has 73 heavy (non-hydrogen) atoms. The summed E-state index contributed by atoms with van der Waals surface area (Å²) in [5, 5.41) is 22.6. The number of aliphatic hydroxyl groups is 1. The van der Waals surface area contributed by atoms with E-state index in [1.165, 1.54) is 22.7 Å². The summed E-state index contributed by atoms with van der Waals surface area (Å²) >= 11 is 37.7. The van der Waals surface area contributed by atoms with Gasteiger partial charge in [-0.1, -0.05) is 68.8 Å². The molecular formula is C52H43Br3Cl4F2N4O6S2. The molecule has 10 nitrogen and oxygen atoms in total. The Bertz CT molecular complexity index is 3290. The lowest BCUT2D eigenvalue weighted by Crippen LogP contribution is -2.34. The highest BCUT2D eigenvalue weighted by Crippen LogP contribution is 2.49. The first kappa shape index (κ1) is 53.5. The second kappa shape index (κ2) is 23.0. The fourth-order valence-electron chi connectivity index (χ4n) is 9.07. The second-order valence-electron chi connectivity index (χ2n) is 18.5. The van der Waals surface area contributed by atoms with Gasteiger partial charge in [-0.15, -0.1) is 22.7 Å². The number of Topliss-reactive ketones (excluding diaryl/α,β-unsaturated/α-hetero) is 1. The molecule has 8 aromatic rings. The molecule has 4 heterocycles. The monoisotopic (exact) mass is 1300 g/mol. The van der Waals surface area contributed by atoms with Crippen molar-refractivity contribution in [1.82, 2.24) is 20.3 Å². The molecule has 4 fully saturated rings. The highest BCUT2D eigenvalue weighted by atomic mass is 79.9. The molecule has 21 heteroatoms. The van der Waals surface area contributed by atoms with E-state index in [4.69, 9.17) is 64.9 Å². The number of carbonyl (C=O) groups is 1. The number of fused-ring (bicyclic) bond motifs is 2. The predicted molar refractivity (Wildman–Crippen MR) is 293 cm³/mol. The third kappa shape index (κ3) is 12.0. The summed E-state index contributed by atoms with van der Waals surface area (Å²) in [6.45, 7) is 0.737. The van der Waals surface area contributed by atoms with Gasteiger partial charge in [0.1, 0.15) is 39.3 Å². The van der Waals surface area contributed by atoms with E-state index < -0.39 is 5.60 Å². The van der Waals surface area contributed by atoms with Gasteiger partial charge in [-0.3, -0.25) is 4.79 Å². The maximum atomic E-state index is 14.5. The maximum absolute atomic E-state index is 14.5. The Labute approximate surface area is 471 Å². The Balaban J connectivity index is 0.000000142. The van der Waals surface area contributed by atoms with Crippen molar-refractivity contribution >= 4 is 143 Å². The van der Waals surface area contributed by atoms with E-state index in [-0.39, 0.29) is 23.8 Å². The Kier molecular flexibility index (Phi) is 16.8. The summed E-state index contributed by atoms with van der Waals surface area (Å²) < 4.78 is 54.2. The first-order valence-electron chi connectivity index (χ1n) is 23.6. The van der Waals surface area contributed by atoms with Crippen LogP contribution in [-0.4, -0.2) is 43.4 Å². The molecule has 4 aliphatic rings. The Morgan fingerprint density at radius 2 is 1.07 bits per heavy atom. The van der Waals surface area contributed by atoms with Crippen molar-refractivity contribution in [2.45, 2.75) is 120 Å². The number of aromatic nitrogens is 4. The van der Waals surface area contributed by atoms with Crippen molar-refractivity contribution in [3.63, 3.8) is 0 Å². The van der Waals surface area contributed by atoms with Crippen LogP contribution in [0.4, 0.5) is 8.78 Å². The molecule has 0 bridgehead atoms. The van der Waals surface area contributed by atoms with Crippen LogP contribution in [0.25, 0.3) is 42.9 Å². The lowest BCUT2D eigenvalue weighted by atomic mass is 9.83. The van der Waals surface area contributed by atoms with Crippen LogP contribution in [0.1, 0.15) is 117 Å². The van der Waals surface area contributed by atoms with Gasteiger partial charge >= 0.3 is 0 Å². The van der Waals surface area contributed by atoms with Gasteiger partial charge in [0.05, 0.1) is 74.9 Å². The number of ketones is 1. The number of rotatable bonds is 11. The molecule has 12 rings (SSSR count). The summed E-state index contributed by atoms with van der Waals surface area (Å²) in [5.74, 6) is 2.24. The van der Waals surface area contributed by atoms with Crippen LogP contribution in [0, 0.1) is 11.6 Å². The molecule has 0 amide bonds. The Morgan fingerprint density at radius 1 is 0.630 bits per heavy atom. The van der Waals surface area contributed by atoms with Crippen molar-refractivity contribution in [2.24, 2.45) is 0 Å². The number of ether oxygens (including phenoxy) is 2. The van der Waals surface area contributed by atoms with Crippen LogP contribution in [0.3, 0.4) is 0 Å². The molecule has 0 aliphatic heterocycles. The average molecular weight is 1300 g/mol. The zero-order valence-corrected chi connectivity index (χ0v) is 47.9. The molecule has 4 aromatic heterocycles. The highest BCUT2D eigenvalue weighted by Gasteiger charge is 2.40. The fraction of sp³-hybridized carbons (Fsp3) is 0.365. The summed E-state index contributed by atoms with van der Waals surface area (Å²) in [5.41, 5.74) is 4.64. The van der Waals surface area contributed by atoms with Crippen molar-refractivity contribution in [1.29, 1.82) is 0 Å². The fourth-order valence-corrected chi connectivity index (χ4v) is 13.7. The first-order valence-corrected chi connectivity index (χ1v) is 29.2. The number of thiazole rings is 2. The lowest BCUT2D eigenvalue weighted by Gasteiger charge is -2.34. The van der Waals surface area contributed by atoms with Gasteiger partial charge in [-0.25, -0.2) is 18.7 Å². The van der Waals surface area contributed by atoms with Gasteiger partial charge in [0.25, 0.3) is 0 Å². The van der Waals surface area contributed by atoms with Gasteiger partial charge in [0, 0.05) is 46.9 Å². The largest absolute Gasteiger partial charge is 0.383 e. The number of nitrogens with zero attached hydrogens (tertiary/aromatic N) is 4. The van der Waals surface area contributed by atoms with E-state index in [2.05, 4.69) is 68.1 Å².